The van der Waals surface area contributed by atoms with Crippen molar-refractivity contribution in [3.63, 3.8) is 0 Å². The summed E-state index contributed by atoms with van der Waals surface area (Å²) in [6.07, 6.45) is 6.72. The van der Waals surface area contributed by atoms with Gasteiger partial charge in [-0.15, -0.1) is 0 Å². The highest BCUT2D eigenvalue weighted by molar-refractivity contribution is 14.1. The van der Waals surface area contributed by atoms with E-state index in [0.29, 0.717) is 6.61 Å². The fourth-order valence-electron chi connectivity index (χ4n) is 2.00. The molecule has 0 aromatic heterocycles. The monoisotopic (exact) mass is 382 g/mol. The fourth-order valence-corrected chi connectivity index (χ4v) is 2.18. The minimum Gasteiger partial charge on any atom is -0.459 e. The lowest BCUT2D eigenvalue weighted by Crippen LogP contribution is -2.35. The van der Waals surface area contributed by atoms with Gasteiger partial charge in [0.1, 0.15) is 28.6 Å². The van der Waals surface area contributed by atoms with E-state index in [1.165, 1.54) is 0 Å². The van der Waals surface area contributed by atoms with Gasteiger partial charge in [-0.3, -0.25) is 7.86 Å². The normalized spacial score (nSPS) is 23.4. The van der Waals surface area contributed by atoms with Crippen LogP contribution in [0.5, 0.6) is 0 Å². The van der Waals surface area contributed by atoms with E-state index in [0.717, 1.165) is 19.3 Å². The van der Waals surface area contributed by atoms with Crippen molar-refractivity contribution in [3.8, 4) is 0 Å². The lowest BCUT2D eigenvalue weighted by molar-refractivity contribution is -0.164. The number of carbonyl (C=O) groups excluding carboxylic acids is 1. The van der Waals surface area contributed by atoms with E-state index in [2.05, 4.69) is 12.2 Å². The molecule has 19 heavy (non-hydrogen) atoms. The van der Waals surface area contributed by atoms with Gasteiger partial charge in [-0.1, -0.05) is 19.1 Å². The molecular formula is C14H23IO4. The van der Waals surface area contributed by atoms with Gasteiger partial charge in [0.15, 0.2) is 6.79 Å². The van der Waals surface area contributed by atoms with Crippen LogP contribution in [0.15, 0.2) is 12.2 Å². The average molecular weight is 382 g/mol. The van der Waals surface area contributed by atoms with Crippen molar-refractivity contribution < 1.29 is 17.3 Å². The van der Waals surface area contributed by atoms with Crippen LogP contribution in [0, 0.1) is 11.8 Å². The van der Waals surface area contributed by atoms with Crippen LogP contribution >= 0.6 is 23.0 Å². The van der Waals surface area contributed by atoms with E-state index in [9.17, 15) is 4.79 Å². The largest absolute Gasteiger partial charge is 0.459 e. The van der Waals surface area contributed by atoms with E-state index in [-0.39, 0.29) is 24.6 Å². The molecule has 5 heteroatoms. The molecule has 0 bridgehead atoms. The molecule has 4 nitrogen and oxygen atoms in total. The molecule has 1 aliphatic carbocycles. The SMILES string of the molecule is CCC(C)(C)OC(=O)C1CCC=CC1COCOI. The summed E-state index contributed by atoms with van der Waals surface area (Å²) >= 11 is 1.79. The molecule has 0 fully saturated rings. The Hall–Kier alpha value is -0.140. The third-order valence-corrected chi connectivity index (χ3v) is 3.77. The number of halogens is 1. The van der Waals surface area contributed by atoms with Crippen molar-refractivity contribution in [1.29, 1.82) is 0 Å². The van der Waals surface area contributed by atoms with Crippen LogP contribution < -0.4 is 0 Å². The third kappa shape index (κ3) is 5.79. The standard InChI is InChI=1S/C14H23IO4/c1-4-14(2,3)19-13(16)12-8-6-5-7-11(12)9-17-10-18-15/h5,7,11-12H,4,6,8-10H2,1-3H3. The van der Waals surface area contributed by atoms with Gasteiger partial charge < -0.3 is 9.47 Å². The number of hydrogen-bond acceptors (Lipinski definition) is 4. The minimum atomic E-state index is -0.394. The summed E-state index contributed by atoms with van der Waals surface area (Å²) in [5, 5.41) is 0. The van der Waals surface area contributed by atoms with E-state index < -0.39 is 5.60 Å². The highest BCUT2D eigenvalue weighted by Crippen LogP contribution is 2.28. The van der Waals surface area contributed by atoms with Crippen molar-refractivity contribution in [2.45, 2.75) is 45.6 Å². The Morgan fingerprint density at radius 2 is 2.21 bits per heavy atom. The number of ether oxygens (including phenoxy) is 2. The Balaban J connectivity index is 2.57. The number of carbonyl (C=O) groups is 1. The van der Waals surface area contributed by atoms with Crippen molar-refractivity contribution >= 4 is 29.0 Å². The van der Waals surface area contributed by atoms with Gasteiger partial charge in [0, 0.05) is 5.92 Å². The molecule has 0 amide bonds. The summed E-state index contributed by atoms with van der Waals surface area (Å²) in [6, 6.07) is 0. The highest BCUT2D eigenvalue weighted by Gasteiger charge is 2.33. The number of allylic oxidation sites excluding steroid dienone is 1. The van der Waals surface area contributed by atoms with Crippen LogP contribution in [0.4, 0.5) is 0 Å². The summed E-state index contributed by atoms with van der Waals surface area (Å²) in [5.41, 5.74) is -0.394. The van der Waals surface area contributed by atoms with Gasteiger partial charge in [0.05, 0.1) is 12.5 Å². The molecule has 0 aromatic rings. The average Bonchev–Trinajstić information content (AvgIpc) is 2.39. The Morgan fingerprint density at radius 3 is 2.84 bits per heavy atom. The molecule has 0 aliphatic heterocycles. The molecule has 0 radical (unpaired) electrons. The molecule has 0 heterocycles. The first-order chi connectivity index (χ1) is 9.00. The lowest BCUT2D eigenvalue weighted by Gasteiger charge is -2.30. The van der Waals surface area contributed by atoms with Crippen molar-refractivity contribution in [3.05, 3.63) is 12.2 Å². The molecule has 2 unspecified atom stereocenters. The molecule has 0 saturated heterocycles. The van der Waals surface area contributed by atoms with Crippen molar-refractivity contribution in [1.82, 2.24) is 0 Å². The second kappa shape index (κ2) is 8.21. The predicted molar refractivity (Wildman–Crippen MR) is 81.7 cm³/mol. The van der Waals surface area contributed by atoms with Gasteiger partial charge >= 0.3 is 5.97 Å². The van der Waals surface area contributed by atoms with Crippen LogP contribution in [-0.4, -0.2) is 25.0 Å². The quantitative estimate of drug-likeness (QED) is 0.222. The topological polar surface area (TPSA) is 44.8 Å². The maximum Gasteiger partial charge on any atom is 0.310 e. The first-order valence-corrected chi connectivity index (χ1v) is 7.59. The Morgan fingerprint density at radius 1 is 1.47 bits per heavy atom. The van der Waals surface area contributed by atoms with Gasteiger partial charge in [-0.05, 0) is 33.1 Å². The lowest BCUT2D eigenvalue weighted by atomic mass is 9.84. The van der Waals surface area contributed by atoms with Crippen molar-refractivity contribution in [2.24, 2.45) is 11.8 Å². The highest BCUT2D eigenvalue weighted by atomic mass is 127. The smallest absolute Gasteiger partial charge is 0.310 e. The van der Waals surface area contributed by atoms with Gasteiger partial charge in [-0.2, -0.15) is 0 Å². The molecular weight excluding hydrogens is 359 g/mol. The predicted octanol–water partition coefficient (Wildman–Crippen LogP) is 3.64. The van der Waals surface area contributed by atoms with Crippen LogP contribution in [0.2, 0.25) is 0 Å². The number of rotatable bonds is 7. The van der Waals surface area contributed by atoms with E-state index in [1.807, 2.05) is 20.8 Å². The van der Waals surface area contributed by atoms with Crippen molar-refractivity contribution in [2.75, 3.05) is 13.4 Å². The maximum absolute atomic E-state index is 12.3. The molecule has 1 aliphatic rings. The first-order valence-electron chi connectivity index (χ1n) is 6.71. The minimum absolute atomic E-state index is 0.0838. The molecule has 0 spiro atoms. The van der Waals surface area contributed by atoms with Gasteiger partial charge in [-0.25, -0.2) is 0 Å². The molecule has 1 rings (SSSR count). The first kappa shape index (κ1) is 16.9. The maximum atomic E-state index is 12.3. The van der Waals surface area contributed by atoms with Crippen LogP contribution in [-0.2, 0) is 17.3 Å². The number of hydrogen-bond donors (Lipinski definition) is 0. The van der Waals surface area contributed by atoms with Crippen LogP contribution in [0.3, 0.4) is 0 Å². The Labute approximate surface area is 129 Å². The molecule has 2 atom stereocenters. The molecule has 0 saturated carbocycles. The summed E-state index contributed by atoms with van der Waals surface area (Å²) in [4.78, 5) is 12.3. The summed E-state index contributed by atoms with van der Waals surface area (Å²) in [5.74, 6) is -0.134. The second-order valence-corrected chi connectivity index (χ2v) is 6.03. The summed E-state index contributed by atoms with van der Waals surface area (Å²) in [7, 11) is 0. The van der Waals surface area contributed by atoms with Gasteiger partial charge in [0.25, 0.3) is 0 Å². The summed E-state index contributed by atoms with van der Waals surface area (Å²) < 4.78 is 15.8. The third-order valence-electron chi connectivity index (χ3n) is 3.51. The second-order valence-electron chi connectivity index (χ2n) is 5.41. The Kier molecular flexibility index (Phi) is 7.31. The van der Waals surface area contributed by atoms with E-state index >= 15 is 0 Å². The number of esters is 1. The van der Waals surface area contributed by atoms with Gasteiger partial charge in [0.2, 0.25) is 0 Å². The van der Waals surface area contributed by atoms with Crippen LogP contribution in [0.1, 0.15) is 40.0 Å². The molecule has 110 valence electrons. The summed E-state index contributed by atoms with van der Waals surface area (Å²) in [6.45, 7) is 6.64. The van der Waals surface area contributed by atoms with E-state index in [4.69, 9.17) is 12.5 Å². The fraction of sp³-hybridized carbons (Fsp3) is 0.786. The zero-order valence-corrected chi connectivity index (χ0v) is 14.0. The molecule has 0 aromatic carbocycles. The van der Waals surface area contributed by atoms with E-state index in [1.54, 1.807) is 23.0 Å². The zero-order chi connectivity index (χ0) is 14.3. The molecule has 0 N–H and O–H groups in total. The van der Waals surface area contributed by atoms with Crippen LogP contribution in [0.25, 0.3) is 0 Å². The Bertz CT molecular complexity index is 315. The zero-order valence-electron chi connectivity index (χ0n) is 11.9.